The third-order valence-corrected chi connectivity index (χ3v) is 3.41. The molecule has 1 aliphatic heterocycles. The van der Waals surface area contributed by atoms with Crippen LogP contribution in [0.25, 0.3) is 6.08 Å². The Bertz CT molecular complexity index is 460. The van der Waals surface area contributed by atoms with Crippen LogP contribution in [0, 0.1) is 0 Å². The fourth-order valence-electron chi connectivity index (χ4n) is 2.25. The average molecular weight is 334 g/mol. The largest absolute Gasteiger partial charge is 0.478 e. The second-order valence-electron chi connectivity index (χ2n) is 4.71. The zero-order chi connectivity index (χ0) is 13.7. The van der Waals surface area contributed by atoms with E-state index in [0.717, 1.165) is 43.4 Å². The summed E-state index contributed by atoms with van der Waals surface area (Å²) < 4.78 is 0. The lowest BCUT2D eigenvalue weighted by atomic mass is 10.1. The summed E-state index contributed by atoms with van der Waals surface area (Å²) in [6.45, 7) is 2.10. The summed E-state index contributed by atoms with van der Waals surface area (Å²) in [5, 5.41) is 11.9. The summed E-state index contributed by atoms with van der Waals surface area (Å²) >= 11 is 0. The maximum absolute atomic E-state index is 10.4. The van der Waals surface area contributed by atoms with Crippen molar-refractivity contribution in [3.8, 4) is 0 Å². The van der Waals surface area contributed by atoms with Crippen molar-refractivity contribution in [1.82, 2.24) is 10.3 Å². The molecule has 1 aliphatic rings. The summed E-state index contributed by atoms with van der Waals surface area (Å²) in [5.74, 6) is -0.0183. The molecule has 118 valence electrons. The number of anilines is 1. The van der Waals surface area contributed by atoms with Crippen molar-refractivity contribution < 1.29 is 9.90 Å². The molecule has 0 unspecified atom stereocenters. The molecule has 1 aromatic rings. The molecule has 7 heteroatoms. The first-order valence-corrected chi connectivity index (χ1v) is 6.47. The van der Waals surface area contributed by atoms with Crippen LogP contribution in [-0.4, -0.2) is 42.2 Å². The lowest BCUT2D eigenvalue weighted by molar-refractivity contribution is -0.131. The van der Waals surface area contributed by atoms with Gasteiger partial charge >= 0.3 is 5.97 Å². The molecule has 2 rings (SSSR count). The van der Waals surface area contributed by atoms with Crippen LogP contribution in [0.4, 0.5) is 5.82 Å². The number of hydrogen-bond acceptors (Lipinski definition) is 4. The Morgan fingerprint density at radius 1 is 1.38 bits per heavy atom. The van der Waals surface area contributed by atoms with Crippen molar-refractivity contribution in [3.05, 3.63) is 30.0 Å². The summed E-state index contributed by atoms with van der Waals surface area (Å²) in [4.78, 5) is 17.0. The highest BCUT2D eigenvalue weighted by Crippen LogP contribution is 2.18. The highest BCUT2D eigenvalue weighted by atomic mass is 35.5. The summed E-state index contributed by atoms with van der Waals surface area (Å²) in [7, 11) is 2.06. The predicted octanol–water partition coefficient (Wildman–Crippen LogP) is 2.21. The van der Waals surface area contributed by atoms with Gasteiger partial charge < -0.3 is 15.3 Å². The zero-order valence-electron chi connectivity index (χ0n) is 11.9. The Balaban J connectivity index is 0.00000200. The number of piperidine rings is 1. The van der Waals surface area contributed by atoms with Gasteiger partial charge in [-0.3, -0.25) is 0 Å². The van der Waals surface area contributed by atoms with E-state index in [0.29, 0.717) is 6.04 Å². The molecular weight excluding hydrogens is 313 g/mol. The molecule has 0 spiro atoms. The molecule has 0 bridgehead atoms. The molecule has 0 amide bonds. The van der Waals surface area contributed by atoms with Gasteiger partial charge in [0.25, 0.3) is 0 Å². The Morgan fingerprint density at radius 2 is 2.05 bits per heavy atom. The topological polar surface area (TPSA) is 65.5 Å². The number of hydrogen-bond donors (Lipinski definition) is 2. The maximum Gasteiger partial charge on any atom is 0.328 e. The Labute approximate surface area is 137 Å². The first kappa shape index (κ1) is 19.7. The molecule has 0 saturated carbocycles. The van der Waals surface area contributed by atoms with E-state index in [2.05, 4.69) is 22.2 Å². The van der Waals surface area contributed by atoms with E-state index in [4.69, 9.17) is 5.11 Å². The molecule has 2 N–H and O–H groups in total. The van der Waals surface area contributed by atoms with Crippen molar-refractivity contribution in [2.24, 2.45) is 0 Å². The van der Waals surface area contributed by atoms with Gasteiger partial charge in [-0.25, -0.2) is 9.78 Å². The first-order chi connectivity index (χ1) is 9.16. The van der Waals surface area contributed by atoms with Crippen LogP contribution < -0.4 is 10.2 Å². The highest BCUT2D eigenvalue weighted by Gasteiger charge is 2.18. The lowest BCUT2D eigenvalue weighted by Crippen LogP contribution is -2.41. The molecule has 0 aliphatic carbocycles. The Hall–Kier alpha value is -1.30. The molecule has 21 heavy (non-hydrogen) atoms. The molecule has 0 aromatic carbocycles. The summed E-state index contributed by atoms with van der Waals surface area (Å²) in [5.41, 5.74) is 0.796. The fraction of sp³-hybridized carbons (Fsp3) is 0.429. The van der Waals surface area contributed by atoms with Gasteiger partial charge in [0.15, 0.2) is 0 Å². The lowest BCUT2D eigenvalue weighted by Gasteiger charge is -2.32. The molecule has 1 fully saturated rings. The molecule has 1 aromatic heterocycles. The monoisotopic (exact) mass is 333 g/mol. The molecular formula is C14H21Cl2N3O2. The third-order valence-electron chi connectivity index (χ3n) is 3.41. The average Bonchev–Trinajstić information content (AvgIpc) is 2.46. The number of nitrogens with zero attached hydrogens (tertiary/aromatic N) is 2. The van der Waals surface area contributed by atoms with Gasteiger partial charge in [0.1, 0.15) is 5.82 Å². The Morgan fingerprint density at radius 3 is 2.57 bits per heavy atom. The van der Waals surface area contributed by atoms with Crippen molar-refractivity contribution in [2.45, 2.75) is 18.9 Å². The SMILES string of the molecule is CN(c1ccc(C=CC(=O)O)cn1)C1CCNCC1.Cl.Cl. The van der Waals surface area contributed by atoms with Gasteiger partial charge in [-0.1, -0.05) is 0 Å². The van der Waals surface area contributed by atoms with Crippen LogP contribution in [0.3, 0.4) is 0 Å². The van der Waals surface area contributed by atoms with Crippen LogP contribution in [-0.2, 0) is 4.79 Å². The van der Waals surface area contributed by atoms with E-state index < -0.39 is 5.97 Å². The Kier molecular flexibility index (Phi) is 9.01. The summed E-state index contributed by atoms with van der Waals surface area (Å²) in [6.07, 6.45) is 6.61. The minimum Gasteiger partial charge on any atom is -0.478 e. The number of carbonyl (C=O) groups is 1. The molecule has 1 saturated heterocycles. The zero-order valence-corrected chi connectivity index (χ0v) is 13.5. The third kappa shape index (κ3) is 5.91. The fourth-order valence-corrected chi connectivity index (χ4v) is 2.25. The predicted molar refractivity (Wildman–Crippen MR) is 89.7 cm³/mol. The van der Waals surface area contributed by atoms with Crippen molar-refractivity contribution in [2.75, 3.05) is 25.0 Å². The normalized spacial score (nSPS) is 15.1. The number of pyridine rings is 1. The molecule has 5 nitrogen and oxygen atoms in total. The second-order valence-corrected chi connectivity index (χ2v) is 4.71. The van der Waals surface area contributed by atoms with Gasteiger partial charge in [-0.05, 0) is 49.7 Å². The highest BCUT2D eigenvalue weighted by molar-refractivity contribution is 5.86. The van der Waals surface area contributed by atoms with E-state index >= 15 is 0 Å². The quantitative estimate of drug-likeness (QED) is 0.827. The molecule has 0 atom stereocenters. The van der Waals surface area contributed by atoms with Crippen molar-refractivity contribution in [1.29, 1.82) is 0 Å². The number of carboxylic acids is 1. The number of carboxylic acid groups (broad SMARTS) is 1. The van der Waals surface area contributed by atoms with E-state index in [1.54, 1.807) is 12.3 Å². The number of halogens is 2. The maximum atomic E-state index is 10.4. The van der Waals surface area contributed by atoms with Gasteiger partial charge in [0, 0.05) is 25.4 Å². The number of rotatable bonds is 4. The first-order valence-electron chi connectivity index (χ1n) is 6.47. The smallest absolute Gasteiger partial charge is 0.328 e. The van der Waals surface area contributed by atoms with Gasteiger partial charge in [-0.15, -0.1) is 24.8 Å². The molecule has 2 heterocycles. The number of nitrogens with one attached hydrogen (secondary N) is 1. The van der Waals surface area contributed by atoms with E-state index in [-0.39, 0.29) is 24.8 Å². The van der Waals surface area contributed by atoms with Crippen LogP contribution in [0.1, 0.15) is 18.4 Å². The van der Waals surface area contributed by atoms with Crippen molar-refractivity contribution >= 4 is 42.7 Å². The standard InChI is InChI=1S/C14H19N3O2.2ClH/c1-17(12-6-8-15-9-7-12)13-4-2-11(10-16-13)3-5-14(18)19;;/h2-5,10,12,15H,6-9H2,1H3,(H,18,19);2*1H. The van der Waals surface area contributed by atoms with Gasteiger partial charge in [0.2, 0.25) is 0 Å². The van der Waals surface area contributed by atoms with Crippen LogP contribution >= 0.6 is 24.8 Å². The van der Waals surface area contributed by atoms with E-state index in [9.17, 15) is 4.79 Å². The van der Waals surface area contributed by atoms with Crippen LogP contribution in [0.5, 0.6) is 0 Å². The van der Waals surface area contributed by atoms with Crippen molar-refractivity contribution in [3.63, 3.8) is 0 Å². The van der Waals surface area contributed by atoms with Gasteiger partial charge in [-0.2, -0.15) is 0 Å². The van der Waals surface area contributed by atoms with Crippen LogP contribution in [0.2, 0.25) is 0 Å². The number of aromatic nitrogens is 1. The minimum atomic E-state index is -0.948. The van der Waals surface area contributed by atoms with Gasteiger partial charge in [0.05, 0.1) is 0 Å². The summed E-state index contributed by atoms with van der Waals surface area (Å²) in [6, 6.07) is 4.34. The van der Waals surface area contributed by atoms with E-state index in [1.807, 2.05) is 12.1 Å². The molecule has 0 radical (unpaired) electrons. The minimum absolute atomic E-state index is 0. The van der Waals surface area contributed by atoms with E-state index in [1.165, 1.54) is 0 Å². The van der Waals surface area contributed by atoms with Crippen LogP contribution in [0.15, 0.2) is 24.4 Å². The second kappa shape index (κ2) is 9.60. The number of aliphatic carboxylic acids is 1.